The van der Waals surface area contributed by atoms with E-state index >= 15 is 0 Å². The summed E-state index contributed by atoms with van der Waals surface area (Å²) in [6.07, 6.45) is 3.72. The van der Waals surface area contributed by atoms with Gasteiger partial charge in [-0.05, 0) is 134 Å². The van der Waals surface area contributed by atoms with E-state index in [1.165, 1.54) is 102 Å². The Kier molecular flexibility index (Phi) is 6.31. The number of rotatable bonds is 4. The number of anilines is 2. The molecule has 0 radical (unpaired) electrons. The van der Waals surface area contributed by atoms with Crippen LogP contribution in [0.25, 0.3) is 65.7 Å². The molecular formula is C48H39N. The lowest BCUT2D eigenvalue weighted by atomic mass is 9.69. The van der Waals surface area contributed by atoms with Crippen molar-refractivity contribution in [2.24, 2.45) is 5.92 Å². The minimum absolute atomic E-state index is 0.0612. The van der Waals surface area contributed by atoms with Crippen LogP contribution in [0.1, 0.15) is 44.6 Å². The van der Waals surface area contributed by atoms with Crippen molar-refractivity contribution in [3.05, 3.63) is 157 Å². The molecule has 0 bridgehead atoms. The van der Waals surface area contributed by atoms with Crippen molar-refractivity contribution < 1.29 is 0 Å². The third-order valence-electron chi connectivity index (χ3n) is 11.9. The normalized spacial score (nSPS) is 20.2. The molecule has 1 aliphatic heterocycles. The number of nitrogens with zero attached hydrogens (tertiary/aromatic N) is 1. The molecule has 236 valence electrons. The van der Waals surface area contributed by atoms with E-state index in [0.29, 0.717) is 11.8 Å². The second-order valence-electron chi connectivity index (χ2n) is 14.8. The molecule has 1 nitrogen and oxygen atoms in total. The van der Waals surface area contributed by atoms with E-state index in [4.69, 9.17) is 0 Å². The molecule has 1 fully saturated rings. The van der Waals surface area contributed by atoms with Crippen molar-refractivity contribution in [3.8, 4) is 33.4 Å². The van der Waals surface area contributed by atoms with Gasteiger partial charge in [-0.2, -0.15) is 0 Å². The zero-order valence-electron chi connectivity index (χ0n) is 28.2. The maximum absolute atomic E-state index is 2.68. The lowest BCUT2D eigenvalue weighted by molar-refractivity contribution is 0.232. The number of para-hydroxylation sites is 1. The molecule has 3 unspecified atom stereocenters. The van der Waals surface area contributed by atoms with Gasteiger partial charge >= 0.3 is 0 Å². The van der Waals surface area contributed by atoms with Crippen LogP contribution in [0, 0.1) is 5.92 Å². The van der Waals surface area contributed by atoms with E-state index in [1.807, 2.05) is 0 Å². The Morgan fingerprint density at radius 1 is 0.531 bits per heavy atom. The zero-order chi connectivity index (χ0) is 32.7. The summed E-state index contributed by atoms with van der Waals surface area (Å²) >= 11 is 0. The maximum Gasteiger partial charge on any atom is 0.0495 e. The highest BCUT2D eigenvalue weighted by molar-refractivity contribution is 6.30. The number of hydrogen-bond acceptors (Lipinski definition) is 1. The Morgan fingerprint density at radius 3 is 1.84 bits per heavy atom. The van der Waals surface area contributed by atoms with Gasteiger partial charge in [-0.15, -0.1) is 0 Å². The van der Waals surface area contributed by atoms with Gasteiger partial charge in [0, 0.05) is 22.8 Å². The molecule has 0 saturated heterocycles. The molecule has 8 aromatic carbocycles. The molecule has 49 heavy (non-hydrogen) atoms. The van der Waals surface area contributed by atoms with Crippen molar-refractivity contribution in [1.82, 2.24) is 0 Å². The Labute approximate surface area is 288 Å². The summed E-state index contributed by atoms with van der Waals surface area (Å²) in [7, 11) is 0. The Morgan fingerprint density at radius 2 is 1.12 bits per heavy atom. The lowest BCUT2D eigenvalue weighted by Crippen LogP contribution is -2.47. The Hall–Kier alpha value is -5.40. The van der Waals surface area contributed by atoms with Crippen molar-refractivity contribution in [2.45, 2.75) is 44.6 Å². The first kappa shape index (κ1) is 28.6. The van der Waals surface area contributed by atoms with Gasteiger partial charge in [0.15, 0.2) is 0 Å². The zero-order valence-corrected chi connectivity index (χ0v) is 28.2. The highest BCUT2D eigenvalue weighted by atomic mass is 15.2. The van der Waals surface area contributed by atoms with Crippen LogP contribution in [0.3, 0.4) is 0 Å². The number of fused-ring (bicyclic) bond motifs is 3. The minimum Gasteiger partial charge on any atom is -0.335 e. The van der Waals surface area contributed by atoms with Crippen molar-refractivity contribution >= 4 is 43.7 Å². The summed E-state index contributed by atoms with van der Waals surface area (Å²) in [4.78, 5) is 2.68. The fourth-order valence-corrected chi connectivity index (χ4v) is 9.80. The van der Waals surface area contributed by atoms with E-state index in [2.05, 4.69) is 170 Å². The third-order valence-corrected chi connectivity index (χ3v) is 11.9. The van der Waals surface area contributed by atoms with E-state index < -0.39 is 0 Å². The summed E-state index contributed by atoms with van der Waals surface area (Å²) in [5, 5.41) is 7.99. The molecule has 3 atom stereocenters. The highest BCUT2D eigenvalue weighted by Gasteiger charge is 2.51. The van der Waals surface area contributed by atoms with Crippen LogP contribution >= 0.6 is 0 Å². The summed E-state index contributed by atoms with van der Waals surface area (Å²) in [6, 6.07) is 56.9. The van der Waals surface area contributed by atoms with Crippen LogP contribution in [0.5, 0.6) is 0 Å². The van der Waals surface area contributed by atoms with Crippen molar-refractivity contribution in [1.29, 1.82) is 0 Å². The van der Waals surface area contributed by atoms with Crippen LogP contribution in [0.15, 0.2) is 152 Å². The van der Waals surface area contributed by atoms with E-state index in [1.54, 1.807) is 0 Å². The van der Waals surface area contributed by atoms with Gasteiger partial charge in [0.1, 0.15) is 0 Å². The fourth-order valence-electron chi connectivity index (χ4n) is 9.80. The van der Waals surface area contributed by atoms with Gasteiger partial charge in [-0.3, -0.25) is 0 Å². The van der Waals surface area contributed by atoms with Gasteiger partial charge in [0.05, 0.1) is 0 Å². The molecule has 2 aliphatic rings. The third kappa shape index (κ3) is 4.25. The average molecular weight is 630 g/mol. The van der Waals surface area contributed by atoms with E-state index in [9.17, 15) is 0 Å². The van der Waals surface area contributed by atoms with Gasteiger partial charge in [-0.1, -0.05) is 128 Å². The van der Waals surface area contributed by atoms with Crippen LogP contribution < -0.4 is 4.90 Å². The van der Waals surface area contributed by atoms with Crippen molar-refractivity contribution in [3.63, 3.8) is 0 Å². The Bertz CT molecular complexity index is 2500. The second kappa shape index (κ2) is 10.8. The predicted octanol–water partition coefficient (Wildman–Crippen LogP) is 13.4. The largest absolute Gasteiger partial charge is 0.335 e. The minimum atomic E-state index is 0.0612. The number of hydrogen-bond donors (Lipinski definition) is 0. The molecule has 10 rings (SSSR count). The van der Waals surface area contributed by atoms with E-state index in [0.717, 1.165) is 0 Å². The van der Waals surface area contributed by atoms with Crippen LogP contribution in [-0.4, -0.2) is 5.54 Å². The summed E-state index contributed by atoms with van der Waals surface area (Å²) in [5.74, 6) is 1.22. The lowest BCUT2D eigenvalue weighted by Gasteiger charge is -2.46. The quantitative estimate of drug-likeness (QED) is 0.175. The monoisotopic (exact) mass is 629 g/mol. The Balaban J connectivity index is 1.25. The first-order valence-corrected chi connectivity index (χ1v) is 17.9. The maximum atomic E-state index is 2.68. The predicted molar refractivity (Wildman–Crippen MR) is 209 cm³/mol. The molecule has 0 amide bonds. The smallest absolute Gasteiger partial charge is 0.0495 e. The molecule has 8 aromatic rings. The molecule has 0 N–H and O–H groups in total. The molecule has 1 saturated carbocycles. The van der Waals surface area contributed by atoms with Crippen molar-refractivity contribution in [2.75, 3.05) is 4.90 Å². The molecule has 1 heterocycles. The molecule has 1 aliphatic carbocycles. The first-order valence-electron chi connectivity index (χ1n) is 17.9. The second-order valence-corrected chi connectivity index (χ2v) is 14.8. The summed E-state index contributed by atoms with van der Waals surface area (Å²) in [6.45, 7) is 4.96. The van der Waals surface area contributed by atoms with E-state index in [-0.39, 0.29) is 5.54 Å². The van der Waals surface area contributed by atoms with Crippen LogP contribution in [-0.2, 0) is 0 Å². The van der Waals surface area contributed by atoms with Gasteiger partial charge in [-0.25, -0.2) is 0 Å². The molecule has 0 aromatic heterocycles. The van der Waals surface area contributed by atoms with Gasteiger partial charge < -0.3 is 4.90 Å². The van der Waals surface area contributed by atoms with Gasteiger partial charge in [0.2, 0.25) is 0 Å². The fraction of sp³-hybridized carbons (Fsp3) is 0.167. The topological polar surface area (TPSA) is 3.24 Å². The SMILES string of the molecule is CC1CCC2c3cc(-c4cc(-c5ccccc5)c5ccc6ccc(-c7ccccc7)c7ccc4c5c67)ccc3N(c3ccccc3)C2(C)C1. The molecule has 0 spiro atoms. The van der Waals surface area contributed by atoms with Gasteiger partial charge in [0.25, 0.3) is 0 Å². The highest BCUT2D eigenvalue weighted by Crippen LogP contribution is 2.59. The first-order chi connectivity index (χ1) is 24.1. The standard InChI is InChI=1S/C48H39N/c1-31-18-26-44-43-28-35(21-27-45(43)49(48(44,2)30-31)36-16-10-5-11-17-36)42-29-41(33-14-8-4-9-15-33)39-23-20-34-19-22-37(32-12-6-3-7-13-32)38-24-25-40(42)47(39)46(34)38/h3-17,19-25,27-29,31,44H,18,26,30H2,1-2H3. The van der Waals surface area contributed by atoms with Crippen LogP contribution in [0.4, 0.5) is 11.4 Å². The molecular weight excluding hydrogens is 591 g/mol. The number of benzene rings is 8. The molecule has 1 heteroatoms. The van der Waals surface area contributed by atoms with Crippen LogP contribution in [0.2, 0.25) is 0 Å². The summed E-state index contributed by atoms with van der Waals surface area (Å²) in [5.41, 5.74) is 12.0. The average Bonchev–Trinajstić information content (AvgIpc) is 3.41. The summed E-state index contributed by atoms with van der Waals surface area (Å²) < 4.78 is 0.